The lowest BCUT2D eigenvalue weighted by atomic mass is 10.1. The zero-order valence-electron chi connectivity index (χ0n) is 14.3. The standard InChI is InChI=1S/C20H21N3O3/c24-13-15(12-14-6-2-1-3-7-14)21-19(25)11-10-18-22-17-9-5-4-8-16(17)20(26)23-18/h1-9,15,24H,10-13H2,(H,21,25)(H,22,23,26). The van der Waals surface area contributed by atoms with Gasteiger partial charge in [-0.25, -0.2) is 4.98 Å². The van der Waals surface area contributed by atoms with Crippen LogP contribution in [0.5, 0.6) is 0 Å². The van der Waals surface area contributed by atoms with Crippen LogP contribution in [0.3, 0.4) is 0 Å². The summed E-state index contributed by atoms with van der Waals surface area (Å²) in [5, 5.41) is 12.9. The molecule has 0 saturated carbocycles. The number of hydrogen-bond acceptors (Lipinski definition) is 4. The summed E-state index contributed by atoms with van der Waals surface area (Å²) in [6.07, 6.45) is 1.08. The van der Waals surface area contributed by atoms with E-state index in [1.54, 1.807) is 18.2 Å². The van der Waals surface area contributed by atoms with Crippen LogP contribution in [0, 0.1) is 0 Å². The molecule has 6 nitrogen and oxygen atoms in total. The van der Waals surface area contributed by atoms with Crippen molar-refractivity contribution in [2.45, 2.75) is 25.3 Å². The summed E-state index contributed by atoms with van der Waals surface area (Å²) >= 11 is 0. The number of aliphatic hydroxyl groups is 1. The van der Waals surface area contributed by atoms with Gasteiger partial charge in [0.1, 0.15) is 5.82 Å². The number of carbonyl (C=O) groups is 1. The molecule has 0 bridgehead atoms. The lowest BCUT2D eigenvalue weighted by molar-refractivity contribution is -0.122. The van der Waals surface area contributed by atoms with Crippen LogP contribution in [-0.4, -0.2) is 33.6 Å². The third kappa shape index (κ3) is 4.55. The highest BCUT2D eigenvalue weighted by Gasteiger charge is 2.13. The van der Waals surface area contributed by atoms with Gasteiger partial charge < -0.3 is 15.4 Å². The molecule has 3 rings (SSSR count). The number of H-pyrrole nitrogens is 1. The van der Waals surface area contributed by atoms with Crippen LogP contribution in [0.2, 0.25) is 0 Å². The summed E-state index contributed by atoms with van der Waals surface area (Å²) in [4.78, 5) is 31.3. The number of fused-ring (bicyclic) bond motifs is 1. The van der Waals surface area contributed by atoms with Gasteiger partial charge in [-0.3, -0.25) is 9.59 Å². The second-order valence-corrected chi connectivity index (χ2v) is 6.17. The number of hydrogen-bond donors (Lipinski definition) is 3. The van der Waals surface area contributed by atoms with Gasteiger partial charge in [-0.05, 0) is 24.1 Å². The monoisotopic (exact) mass is 351 g/mol. The van der Waals surface area contributed by atoms with Gasteiger partial charge in [-0.15, -0.1) is 0 Å². The topological polar surface area (TPSA) is 95.1 Å². The average Bonchev–Trinajstić information content (AvgIpc) is 2.67. The molecule has 0 saturated heterocycles. The number of aromatic nitrogens is 2. The number of rotatable bonds is 7. The molecule has 134 valence electrons. The van der Waals surface area contributed by atoms with Crippen molar-refractivity contribution >= 4 is 16.8 Å². The maximum atomic E-state index is 12.2. The number of benzene rings is 2. The highest BCUT2D eigenvalue weighted by Crippen LogP contribution is 2.07. The molecule has 3 aromatic rings. The lowest BCUT2D eigenvalue weighted by Gasteiger charge is -2.16. The predicted molar refractivity (Wildman–Crippen MR) is 99.8 cm³/mol. The Morgan fingerprint density at radius 3 is 2.62 bits per heavy atom. The van der Waals surface area contributed by atoms with Gasteiger partial charge in [-0.1, -0.05) is 42.5 Å². The van der Waals surface area contributed by atoms with Crippen LogP contribution in [-0.2, 0) is 17.6 Å². The van der Waals surface area contributed by atoms with Crippen molar-refractivity contribution in [1.29, 1.82) is 0 Å². The van der Waals surface area contributed by atoms with E-state index < -0.39 is 0 Å². The molecule has 0 spiro atoms. The van der Waals surface area contributed by atoms with Crippen LogP contribution in [0.15, 0.2) is 59.4 Å². The van der Waals surface area contributed by atoms with E-state index in [4.69, 9.17) is 0 Å². The van der Waals surface area contributed by atoms with Crippen LogP contribution < -0.4 is 10.9 Å². The van der Waals surface area contributed by atoms with E-state index in [2.05, 4.69) is 15.3 Å². The molecule has 0 radical (unpaired) electrons. The fourth-order valence-electron chi connectivity index (χ4n) is 2.84. The fourth-order valence-corrected chi connectivity index (χ4v) is 2.84. The second-order valence-electron chi connectivity index (χ2n) is 6.17. The second kappa shape index (κ2) is 8.40. The van der Waals surface area contributed by atoms with Gasteiger partial charge in [-0.2, -0.15) is 0 Å². The summed E-state index contributed by atoms with van der Waals surface area (Å²) in [7, 11) is 0. The molecule has 6 heteroatoms. The number of para-hydroxylation sites is 1. The molecule has 1 atom stereocenters. The maximum Gasteiger partial charge on any atom is 0.258 e. The number of aryl methyl sites for hydroxylation is 1. The van der Waals surface area contributed by atoms with Crippen molar-refractivity contribution in [2.75, 3.05) is 6.61 Å². The largest absolute Gasteiger partial charge is 0.394 e. The molecule has 1 heterocycles. The summed E-state index contributed by atoms with van der Waals surface area (Å²) < 4.78 is 0. The van der Waals surface area contributed by atoms with Gasteiger partial charge in [0.15, 0.2) is 0 Å². The Balaban J connectivity index is 1.59. The molecule has 1 amide bonds. The molecule has 1 unspecified atom stereocenters. The molecular weight excluding hydrogens is 330 g/mol. The smallest absolute Gasteiger partial charge is 0.258 e. The minimum Gasteiger partial charge on any atom is -0.394 e. The molecule has 3 N–H and O–H groups in total. The van der Waals surface area contributed by atoms with E-state index in [0.717, 1.165) is 5.56 Å². The Bertz CT molecular complexity index is 938. The number of aromatic amines is 1. The first-order valence-corrected chi connectivity index (χ1v) is 8.58. The first-order valence-electron chi connectivity index (χ1n) is 8.58. The molecule has 1 aromatic heterocycles. The Morgan fingerprint density at radius 1 is 1.12 bits per heavy atom. The zero-order valence-corrected chi connectivity index (χ0v) is 14.3. The third-order valence-corrected chi connectivity index (χ3v) is 4.16. The Labute approximate surface area is 150 Å². The minimum atomic E-state index is -0.339. The average molecular weight is 351 g/mol. The molecule has 0 fully saturated rings. The highest BCUT2D eigenvalue weighted by molar-refractivity contribution is 5.78. The van der Waals surface area contributed by atoms with Crippen molar-refractivity contribution < 1.29 is 9.90 Å². The minimum absolute atomic E-state index is 0.133. The van der Waals surface area contributed by atoms with E-state index in [1.807, 2.05) is 36.4 Å². The SMILES string of the molecule is O=C(CCc1nc2ccccc2c(=O)[nH]1)NC(CO)Cc1ccccc1. The maximum absolute atomic E-state index is 12.2. The van der Waals surface area contributed by atoms with E-state index in [9.17, 15) is 14.7 Å². The highest BCUT2D eigenvalue weighted by atomic mass is 16.3. The quantitative estimate of drug-likeness (QED) is 0.602. The number of nitrogens with one attached hydrogen (secondary N) is 2. The van der Waals surface area contributed by atoms with Gasteiger partial charge in [0.2, 0.25) is 5.91 Å². The van der Waals surface area contributed by atoms with Crippen LogP contribution in [0.25, 0.3) is 10.9 Å². The molecular formula is C20H21N3O3. The Kier molecular flexibility index (Phi) is 5.76. The predicted octanol–water partition coefficient (Wildman–Crippen LogP) is 1.58. The Morgan fingerprint density at radius 2 is 1.85 bits per heavy atom. The zero-order chi connectivity index (χ0) is 18.4. The van der Waals surface area contributed by atoms with Crippen molar-refractivity contribution in [3.8, 4) is 0 Å². The number of amides is 1. The van der Waals surface area contributed by atoms with Crippen LogP contribution in [0.4, 0.5) is 0 Å². The van der Waals surface area contributed by atoms with Gasteiger partial charge in [0, 0.05) is 12.8 Å². The first-order chi connectivity index (χ1) is 12.7. The first kappa shape index (κ1) is 17.8. The number of aliphatic hydroxyl groups excluding tert-OH is 1. The van der Waals surface area contributed by atoms with E-state index in [0.29, 0.717) is 29.6 Å². The van der Waals surface area contributed by atoms with Crippen LogP contribution >= 0.6 is 0 Å². The van der Waals surface area contributed by atoms with Crippen molar-refractivity contribution in [2.24, 2.45) is 0 Å². The number of carbonyl (C=O) groups excluding carboxylic acids is 1. The van der Waals surface area contributed by atoms with E-state index >= 15 is 0 Å². The summed E-state index contributed by atoms with van der Waals surface area (Å²) in [6.45, 7) is -0.133. The molecule has 26 heavy (non-hydrogen) atoms. The van der Waals surface area contributed by atoms with Gasteiger partial charge in [0.25, 0.3) is 5.56 Å². The van der Waals surface area contributed by atoms with E-state index in [-0.39, 0.29) is 30.5 Å². The normalized spacial score (nSPS) is 12.0. The molecule has 0 aliphatic rings. The summed E-state index contributed by atoms with van der Waals surface area (Å²) in [5.41, 5.74) is 1.46. The Hall–Kier alpha value is -2.99. The van der Waals surface area contributed by atoms with Crippen LogP contribution in [0.1, 0.15) is 17.8 Å². The van der Waals surface area contributed by atoms with Gasteiger partial charge >= 0.3 is 0 Å². The third-order valence-electron chi connectivity index (χ3n) is 4.16. The van der Waals surface area contributed by atoms with Gasteiger partial charge in [0.05, 0.1) is 23.6 Å². The molecule has 0 aliphatic carbocycles. The molecule has 2 aromatic carbocycles. The summed E-state index contributed by atoms with van der Waals surface area (Å²) in [5.74, 6) is 0.295. The van der Waals surface area contributed by atoms with Crippen molar-refractivity contribution in [3.63, 3.8) is 0 Å². The van der Waals surface area contributed by atoms with Crippen molar-refractivity contribution in [3.05, 3.63) is 76.3 Å². The lowest BCUT2D eigenvalue weighted by Crippen LogP contribution is -2.39. The fraction of sp³-hybridized carbons (Fsp3) is 0.250. The summed E-state index contributed by atoms with van der Waals surface area (Å²) in [6, 6.07) is 16.4. The molecule has 0 aliphatic heterocycles. The van der Waals surface area contributed by atoms with Crippen molar-refractivity contribution in [1.82, 2.24) is 15.3 Å². The number of nitrogens with zero attached hydrogens (tertiary/aromatic N) is 1. The van der Waals surface area contributed by atoms with E-state index in [1.165, 1.54) is 0 Å².